The number of rotatable bonds is 7. The topological polar surface area (TPSA) is 69.5 Å². The van der Waals surface area contributed by atoms with Crippen molar-refractivity contribution in [3.05, 3.63) is 53.1 Å². The quantitative estimate of drug-likeness (QED) is 0.589. The Morgan fingerprint density at radius 2 is 1.90 bits per heavy atom. The molecule has 2 aromatic carbocycles. The standard InChI is InChI=1S/C22H24N4O2S/c1-15-6-11-18(28-4)19-20(15)29-22(24-19)26(13-5-12-25(2)3)21(27)17-9-7-16(14-23)8-10-17/h6-11H,5,12-13H2,1-4H3. The van der Waals surface area contributed by atoms with Gasteiger partial charge in [-0.25, -0.2) is 4.98 Å². The van der Waals surface area contributed by atoms with Gasteiger partial charge in [0, 0.05) is 12.1 Å². The molecule has 29 heavy (non-hydrogen) atoms. The van der Waals surface area contributed by atoms with E-state index in [0.29, 0.717) is 28.6 Å². The van der Waals surface area contributed by atoms with Crippen LogP contribution in [0.25, 0.3) is 10.2 Å². The minimum absolute atomic E-state index is 0.121. The predicted octanol–water partition coefficient (Wildman–Crippen LogP) is 4.08. The molecule has 0 aliphatic rings. The van der Waals surface area contributed by atoms with Crippen molar-refractivity contribution in [3.8, 4) is 11.8 Å². The summed E-state index contributed by atoms with van der Waals surface area (Å²) in [7, 11) is 5.65. The Balaban J connectivity index is 2.00. The molecule has 1 heterocycles. The number of carbonyl (C=O) groups excluding carboxylic acids is 1. The molecule has 3 rings (SSSR count). The van der Waals surface area contributed by atoms with Crippen LogP contribution in [0.4, 0.5) is 5.13 Å². The summed E-state index contributed by atoms with van der Waals surface area (Å²) < 4.78 is 6.48. The average Bonchev–Trinajstić information content (AvgIpc) is 3.17. The second-order valence-electron chi connectivity index (χ2n) is 7.06. The van der Waals surface area contributed by atoms with E-state index in [1.807, 2.05) is 33.2 Å². The van der Waals surface area contributed by atoms with Crippen LogP contribution >= 0.6 is 11.3 Å². The highest BCUT2D eigenvalue weighted by atomic mass is 32.1. The maximum atomic E-state index is 13.3. The minimum Gasteiger partial charge on any atom is -0.494 e. The molecule has 0 unspecified atom stereocenters. The fraction of sp³-hybridized carbons (Fsp3) is 0.318. The molecule has 6 nitrogen and oxygen atoms in total. The summed E-state index contributed by atoms with van der Waals surface area (Å²) in [5, 5.41) is 9.66. The lowest BCUT2D eigenvalue weighted by atomic mass is 10.1. The second-order valence-corrected chi connectivity index (χ2v) is 8.04. The van der Waals surface area contributed by atoms with Crippen LogP contribution in [0.15, 0.2) is 36.4 Å². The largest absolute Gasteiger partial charge is 0.494 e. The van der Waals surface area contributed by atoms with Crippen molar-refractivity contribution < 1.29 is 9.53 Å². The number of hydrogen-bond acceptors (Lipinski definition) is 6. The first-order chi connectivity index (χ1) is 13.9. The molecule has 0 atom stereocenters. The number of fused-ring (bicyclic) bond motifs is 1. The van der Waals surface area contributed by atoms with E-state index in [2.05, 4.69) is 11.0 Å². The number of benzene rings is 2. The van der Waals surface area contributed by atoms with E-state index >= 15 is 0 Å². The number of anilines is 1. The van der Waals surface area contributed by atoms with Gasteiger partial charge < -0.3 is 9.64 Å². The lowest BCUT2D eigenvalue weighted by molar-refractivity contribution is 0.0986. The van der Waals surface area contributed by atoms with E-state index in [0.717, 1.165) is 28.7 Å². The number of methoxy groups -OCH3 is 1. The molecule has 0 aliphatic heterocycles. The number of aryl methyl sites for hydroxylation is 1. The van der Waals surface area contributed by atoms with E-state index in [1.54, 1.807) is 36.3 Å². The smallest absolute Gasteiger partial charge is 0.260 e. The zero-order valence-electron chi connectivity index (χ0n) is 17.1. The van der Waals surface area contributed by atoms with Crippen LogP contribution in [0.1, 0.15) is 27.9 Å². The maximum Gasteiger partial charge on any atom is 0.260 e. The van der Waals surface area contributed by atoms with E-state index < -0.39 is 0 Å². The summed E-state index contributed by atoms with van der Waals surface area (Å²) in [6.07, 6.45) is 0.820. The highest BCUT2D eigenvalue weighted by Crippen LogP contribution is 2.36. The van der Waals surface area contributed by atoms with Crippen LogP contribution in [0.3, 0.4) is 0 Å². The third-order valence-corrected chi connectivity index (χ3v) is 5.85. The van der Waals surface area contributed by atoms with Crippen molar-refractivity contribution in [2.75, 3.05) is 39.2 Å². The first-order valence-electron chi connectivity index (χ1n) is 9.35. The molecule has 1 aromatic heterocycles. The average molecular weight is 409 g/mol. The van der Waals surface area contributed by atoms with Gasteiger partial charge in [0.1, 0.15) is 11.3 Å². The Labute approximate surface area is 175 Å². The molecule has 0 saturated carbocycles. The first-order valence-corrected chi connectivity index (χ1v) is 10.2. The molecule has 150 valence electrons. The van der Waals surface area contributed by atoms with Gasteiger partial charge in [-0.2, -0.15) is 5.26 Å². The summed E-state index contributed by atoms with van der Waals surface area (Å²) in [6.45, 7) is 3.45. The fourth-order valence-corrected chi connectivity index (χ4v) is 4.13. The number of thiazole rings is 1. The van der Waals surface area contributed by atoms with Gasteiger partial charge >= 0.3 is 0 Å². The molecular formula is C22H24N4O2S. The highest BCUT2D eigenvalue weighted by Gasteiger charge is 2.22. The van der Waals surface area contributed by atoms with E-state index in [1.165, 1.54) is 11.3 Å². The van der Waals surface area contributed by atoms with Crippen LogP contribution < -0.4 is 9.64 Å². The zero-order valence-corrected chi connectivity index (χ0v) is 17.9. The summed E-state index contributed by atoms with van der Waals surface area (Å²) in [6, 6.07) is 12.7. The van der Waals surface area contributed by atoms with E-state index in [9.17, 15) is 4.79 Å². The summed E-state index contributed by atoms with van der Waals surface area (Å²) >= 11 is 1.50. The highest BCUT2D eigenvalue weighted by molar-refractivity contribution is 7.22. The molecular weight excluding hydrogens is 384 g/mol. The van der Waals surface area contributed by atoms with Crippen molar-refractivity contribution in [2.45, 2.75) is 13.3 Å². The maximum absolute atomic E-state index is 13.3. The van der Waals surface area contributed by atoms with Gasteiger partial charge in [0.05, 0.1) is 23.4 Å². The number of hydrogen-bond donors (Lipinski definition) is 0. The van der Waals surface area contributed by atoms with Crippen LogP contribution in [0, 0.1) is 18.3 Å². The Morgan fingerprint density at radius 3 is 2.52 bits per heavy atom. The molecule has 0 fully saturated rings. The summed E-state index contributed by atoms with van der Waals surface area (Å²) in [5.41, 5.74) is 2.94. The number of aromatic nitrogens is 1. The van der Waals surface area contributed by atoms with Gasteiger partial charge in [0.15, 0.2) is 5.13 Å². The van der Waals surface area contributed by atoms with Crippen molar-refractivity contribution in [1.29, 1.82) is 5.26 Å². The van der Waals surface area contributed by atoms with Gasteiger partial charge in [0.25, 0.3) is 5.91 Å². The lowest BCUT2D eigenvalue weighted by Gasteiger charge is -2.21. The molecule has 1 amide bonds. The van der Waals surface area contributed by atoms with Crippen molar-refractivity contribution in [1.82, 2.24) is 9.88 Å². The van der Waals surface area contributed by atoms with Gasteiger partial charge in [-0.3, -0.25) is 9.69 Å². The van der Waals surface area contributed by atoms with Gasteiger partial charge in [-0.1, -0.05) is 17.4 Å². The third-order valence-electron chi connectivity index (χ3n) is 4.64. The van der Waals surface area contributed by atoms with E-state index in [-0.39, 0.29) is 5.91 Å². The van der Waals surface area contributed by atoms with Crippen molar-refractivity contribution in [3.63, 3.8) is 0 Å². The molecule has 3 aromatic rings. The number of nitrogens with zero attached hydrogens (tertiary/aromatic N) is 4. The summed E-state index contributed by atoms with van der Waals surface area (Å²) in [5.74, 6) is 0.580. The van der Waals surface area contributed by atoms with Gasteiger partial charge in [-0.15, -0.1) is 0 Å². The molecule has 0 aliphatic carbocycles. The molecule has 0 spiro atoms. The molecule has 0 saturated heterocycles. The molecule has 7 heteroatoms. The zero-order chi connectivity index (χ0) is 21.0. The van der Waals surface area contributed by atoms with Crippen LogP contribution in [0.5, 0.6) is 5.75 Å². The Kier molecular flexibility index (Phi) is 6.47. The Morgan fingerprint density at radius 1 is 1.17 bits per heavy atom. The number of nitriles is 1. The van der Waals surface area contributed by atoms with Crippen molar-refractivity contribution >= 4 is 32.6 Å². The third kappa shape index (κ3) is 4.56. The van der Waals surface area contributed by atoms with Gasteiger partial charge in [-0.05, 0) is 69.9 Å². The number of carbonyl (C=O) groups is 1. The molecule has 0 radical (unpaired) electrons. The monoisotopic (exact) mass is 408 g/mol. The lowest BCUT2D eigenvalue weighted by Crippen LogP contribution is -2.33. The minimum atomic E-state index is -0.121. The van der Waals surface area contributed by atoms with Gasteiger partial charge in [0.2, 0.25) is 0 Å². The predicted molar refractivity (Wildman–Crippen MR) is 117 cm³/mol. The second kappa shape index (κ2) is 9.03. The Bertz CT molecular complexity index is 1050. The molecule has 0 bridgehead atoms. The SMILES string of the molecule is COc1ccc(C)c2sc(N(CCCN(C)C)C(=O)c3ccc(C#N)cc3)nc12. The normalized spacial score (nSPS) is 10.9. The van der Waals surface area contributed by atoms with Crippen LogP contribution in [0.2, 0.25) is 0 Å². The fourth-order valence-electron chi connectivity index (χ4n) is 3.05. The summed E-state index contributed by atoms with van der Waals surface area (Å²) in [4.78, 5) is 21.9. The first kappa shape index (κ1) is 20.8. The van der Waals surface area contributed by atoms with Crippen molar-refractivity contribution in [2.24, 2.45) is 0 Å². The van der Waals surface area contributed by atoms with E-state index in [4.69, 9.17) is 15.0 Å². The van der Waals surface area contributed by atoms with Crippen LogP contribution in [-0.4, -0.2) is 50.1 Å². The van der Waals surface area contributed by atoms with Crippen LogP contribution in [-0.2, 0) is 0 Å². The number of ether oxygens (including phenoxy) is 1. The number of amides is 1. The Hall–Kier alpha value is -2.95. The molecule has 0 N–H and O–H groups in total.